The number of hydrogen-bond acceptors (Lipinski definition) is 3. The van der Waals surface area contributed by atoms with E-state index in [0.717, 1.165) is 24.6 Å². The fraction of sp³-hybridized carbons (Fsp3) is 0.750. The Morgan fingerprint density at radius 1 is 1.31 bits per heavy atom. The Morgan fingerprint density at radius 3 is 2.31 bits per heavy atom. The van der Waals surface area contributed by atoms with Crippen LogP contribution >= 0.6 is 0 Å². The maximum absolute atomic E-state index is 10.7. The topological polar surface area (TPSA) is 35.5 Å². The van der Waals surface area contributed by atoms with E-state index in [0.29, 0.717) is 0 Å². The van der Waals surface area contributed by atoms with E-state index in [4.69, 9.17) is 9.31 Å². The summed E-state index contributed by atoms with van der Waals surface area (Å²) >= 11 is 0. The average Bonchev–Trinajstić information content (AvgIpc) is 2.70. The van der Waals surface area contributed by atoms with E-state index >= 15 is 0 Å². The summed E-state index contributed by atoms with van der Waals surface area (Å²) in [5.74, 6) is 0.119. The predicted molar refractivity (Wildman–Crippen MR) is 63.0 cm³/mol. The van der Waals surface area contributed by atoms with Crippen molar-refractivity contribution >= 4 is 13.4 Å². The third kappa shape index (κ3) is 1.85. The first kappa shape index (κ1) is 11.9. The van der Waals surface area contributed by atoms with Crippen molar-refractivity contribution in [2.75, 3.05) is 0 Å². The standard InChI is InChI=1S/C12H19BO3/c1-11(2)12(3,4)16-13(15-11)10-6-5-9(7-10)8-14/h6,8-9H,5,7H2,1-4H3/t9-/m1/s1. The molecule has 1 aliphatic carbocycles. The average molecular weight is 222 g/mol. The molecule has 1 heterocycles. The summed E-state index contributed by atoms with van der Waals surface area (Å²) in [6, 6.07) is 0. The lowest BCUT2D eigenvalue weighted by atomic mass is 9.77. The summed E-state index contributed by atoms with van der Waals surface area (Å²) in [5.41, 5.74) is 0.533. The number of carbonyl (C=O) groups is 1. The minimum absolute atomic E-state index is 0.119. The normalized spacial score (nSPS) is 31.6. The number of hydrogen-bond donors (Lipinski definition) is 0. The van der Waals surface area contributed by atoms with Gasteiger partial charge in [0, 0.05) is 5.92 Å². The van der Waals surface area contributed by atoms with E-state index in [1.54, 1.807) is 0 Å². The van der Waals surface area contributed by atoms with Crippen LogP contribution in [0.15, 0.2) is 11.5 Å². The third-order valence-electron chi connectivity index (χ3n) is 3.93. The molecule has 0 amide bonds. The Bertz CT molecular complexity index is 317. The zero-order chi connectivity index (χ0) is 12.0. The molecule has 1 fully saturated rings. The lowest BCUT2D eigenvalue weighted by molar-refractivity contribution is -0.110. The lowest BCUT2D eigenvalue weighted by Crippen LogP contribution is -2.41. The van der Waals surface area contributed by atoms with Gasteiger partial charge in [-0.15, -0.1) is 0 Å². The fourth-order valence-corrected chi connectivity index (χ4v) is 2.06. The monoisotopic (exact) mass is 222 g/mol. The van der Waals surface area contributed by atoms with E-state index in [1.807, 2.05) is 27.7 Å². The van der Waals surface area contributed by atoms with Gasteiger partial charge in [-0.2, -0.15) is 0 Å². The molecule has 1 saturated heterocycles. The Balaban J connectivity index is 2.07. The lowest BCUT2D eigenvalue weighted by Gasteiger charge is -2.32. The van der Waals surface area contributed by atoms with E-state index < -0.39 is 0 Å². The van der Waals surface area contributed by atoms with Crippen LogP contribution < -0.4 is 0 Å². The largest absolute Gasteiger partial charge is 0.490 e. The van der Waals surface area contributed by atoms with E-state index in [1.165, 1.54) is 0 Å². The maximum atomic E-state index is 10.7. The van der Waals surface area contributed by atoms with Gasteiger partial charge >= 0.3 is 7.12 Å². The van der Waals surface area contributed by atoms with Gasteiger partial charge in [-0.25, -0.2) is 0 Å². The predicted octanol–water partition coefficient (Wildman–Crippen LogP) is 2.15. The molecule has 0 unspecified atom stereocenters. The summed E-state index contributed by atoms with van der Waals surface area (Å²) in [5, 5.41) is 0. The van der Waals surface area contributed by atoms with Crippen LogP contribution in [0.5, 0.6) is 0 Å². The molecule has 0 saturated carbocycles. The summed E-state index contributed by atoms with van der Waals surface area (Å²) in [6.45, 7) is 8.17. The highest BCUT2D eigenvalue weighted by Crippen LogP contribution is 2.40. The van der Waals surface area contributed by atoms with Gasteiger partial charge in [0.05, 0.1) is 11.2 Å². The van der Waals surface area contributed by atoms with Crippen LogP contribution in [0, 0.1) is 5.92 Å². The molecule has 0 N–H and O–H groups in total. The molecule has 0 aromatic carbocycles. The van der Waals surface area contributed by atoms with Gasteiger partial charge in [0.1, 0.15) is 6.29 Å². The van der Waals surface area contributed by atoms with Crippen LogP contribution in [0.1, 0.15) is 40.5 Å². The van der Waals surface area contributed by atoms with Crippen LogP contribution in [0.2, 0.25) is 0 Å². The number of rotatable bonds is 2. The molecular weight excluding hydrogens is 203 g/mol. The zero-order valence-corrected chi connectivity index (χ0v) is 10.4. The van der Waals surface area contributed by atoms with Crippen LogP contribution in [0.4, 0.5) is 0 Å². The van der Waals surface area contributed by atoms with E-state index in [9.17, 15) is 4.79 Å². The smallest absolute Gasteiger partial charge is 0.400 e. The number of allylic oxidation sites excluding steroid dienone is 2. The van der Waals surface area contributed by atoms with Crippen LogP contribution in [0.25, 0.3) is 0 Å². The van der Waals surface area contributed by atoms with E-state index in [-0.39, 0.29) is 24.2 Å². The van der Waals surface area contributed by atoms with Crippen molar-refractivity contribution in [1.29, 1.82) is 0 Å². The molecule has 0 aromatic rings. The van der Waals surface area contributed by atoms with Gasteiger partial charge in [0.15, 0.2) is 0 Å². The second kappa shape index (κ2) is 3.71. The molecular formula is C12H19BO3. The molecule has 0 aromatic heterocycles. The molecule has 1 atom stereocenters. The van der Waals surface area contributed by atoms with Crippen molar-refractivity contribution in [3.8, 4) is 0 Å². The maximum Gasteiger partial charge on any atom is 0.490 e. The summed E-state index contributed by atoms with van der Waals surface area (Å²) < 4.78 is 11.9. The molecule has 2 rings (SSSR count). The van der Waals surface area contributed by atoms with Crippen molar-refractivity contribution in [1.82, 2.24) is 0 Å². The van der Waals surface area contributed by atoms with Gasteiger partial charge < -0.3 is 14.1 Å². The summed E-state index contributed by atoms with van der Waals surface area (Å²) in [4.78, 5) is 10.7. The molecule has 88 valence electrons. The van der Waals surface area contributed by atoms with Crippen molar-refractivity contribution in [3.63, 3.8) is 0 Å². The SMILES string of the molecule is CC1(C)OB(C2=CC[C@@H](C=O)C2)OC1(C)C. The zero-order valence-electron chi connectivity index (χ0n) is 10.4. The van der Waals surface area contributed by atoms with E-state index in [2.05, 4.69) is 6.08 Å². The van der Waals surface area contributed by atoms with Gasteiger partial charge in [-0.05, 0) is 46.0 Å². The molecule has 3 nitrogen and oxygen atoms in total. The molecule has 0 bridgehead atoms. The highest BCUT2D eigenvalue weighted by molar-refractivity contribution is 6.54. The Morgan fingerprint density at radius 2 is 1.88 bits per heavy atom. The van der Waals surface area contributed by atoms with Gasteiger partial charge in [0.25, 0.3) is 0 Å². The summed E-state index contributed by atoms with van der Waals surface area (Å²) in [6.07, 6.45) is 4.71. The molecule has 1 aliphatic heterocycles. The van der Waals surface area contributed by atoms with Crippen LogP contribution in [-0.4, -0.2) is 24.6 Å². The van der Waals surface area contributed by atoms with Crippen molar-refractivity contribution in [3.05, 3.63) is 11.5 Å². The first-order valence-corrected chi connectivity index (χ1v) is 5.85. The fourth-order valence-electron chi connectivity index (χ4n) is 2.06. The Kier molecular flexibility index (Phi) is 2.75. The van der Waals surface area contributed by atoms with Crippen molar-refractivity contribution in [2.45, 2.75) is 51.7 Å². The highest BCUT2D eigenvalue weighted by atomic mass is 16.7. The minimum atomic E-state index is -0.294. The molecule has 4 heteroatoms. The number of aldehydes is 1. The molecule has 16 heavy (non-hydrogen) atoms. The van der Waals surface area contributed by atoms with Gasteiger partial charge in [-0.3, -0.25) is 0 Å². The second-order valence-electron chi connectivity index (χ2n) is 5.70. The molecule has 2 aliphatic rings. The van der Waals surface area contributed by atoms with Crippen LogP contribution in [-0.2, 0) is 14.1 Å². The second-order valence-corrected chi connectivity index (χ2v) is 5.70. The quantitative estimate of drug-likeness (QED) is 0.530. The highest BCUT2D eigenvalue weighted by Gasteiger charge is 2.52. The van der Waals surface area contributed by atoms with Crippen molar-refractivity contribution < 1.29 is 14.1 Å². The van der Waals surface area contributed by atoms with Gasteiger partial charge in [0.2, 0.25) is 0 Å². The Labute approximate surface area is 97.3 Å². The minimum Gasteiger partial charge on any atom is -0.400 e. The molecule has 0 spiro atoms. The summed E-state index contributed by atoms with van der Waals surface area (Å²) in [7, 11) is -0.269. The Hall–Kier alpha value is -0.605. The first-order valence-electron chi connectivity index (χ1n) is 5.85. The third-order valence-corrected chi connectivity index (χ3v) is 3.93. The van der Waals surface area contributed by atoms with Crippen LogP contribution in [0.3, 0.4) is 0 Å². The first-order chi connectivity index (χ1) is 7.36. The van der Waals surface area contributed by atoms with Gasteiger partial charge in [-0.1, -0.05) is 6.08 Å². The number of carbonyl (C=O) groups excluding carboxylic acids is 1. The molecule has 0 radical (unpaired) electrons. The van der Waals surface area contributed by atoms with Crippen molar-refractivity contribution in [2.24, 2.45) is 5.92 Å².